The molecule has 1 unspecified atom stereocenters. The molecule has 0 aliphatic carbocycles. The molecule has 1 nitrogen and oxygen atoms in total. The van der Waals surface area contributed by atoms with Crippen LogP contribution in [-0.4, -0.2) is 6.54 Å². The Kier molecular flexibility index (Phi) is 5.32. The van der Waals surface area contributed by atoms with Crippen LogP contribution in [0.1, 0.15) is 36.1 Å². The van der Waals surface area contributed by atoms with Crippen molar-refractivity contribution in [3.8, 4) is 0 Å². The van der Waals surface area contributed by atoms with Gasteiger partial charge in [0.1, 0.15) is 5.82 Å². The van der Waals surface area contributed by atoms with Gasteiger partial charge in [-0.3, -0.25) is 0 Å². The highest BCUT2D eigenvalue weighted by molar-refractivity contribution is 9.10. The van der Waals surface area contributed by atoms with E-state index in [4.69, 9.17) is 0 Å². The largest absolute Gasteiger partial charge is 0.306 e. The second-order valence-corrected chi connectivity index (χ2v) is 5.73. The van der Waals surface area contributed by atoms with Gasteiger partial charge in [0.2, 0.25) is 0 Å². The number of halogens is 2. The molecule has 0 spiro atoms. The molecular weight excluding hydrogens is 317 g/mol. The molecule has 0 amide bonds. The summed E-state index contributed by atoms with van der Waals surface area (Å²) < 4.78 is 14.3. The normalized spacial score (nSPS) is 12.4. The van der Waals surface area contributed by atoms with Crippen LogP contribution in [0.2, 0.25) is 0 Å². The number of nitrogens with one attached hydrogen (secondary N) is 1. The summed E-state index contributed by atoms with van der Waals surface area (Å²) >= 11 is 3.37. The highest BCUT2D eigenvalue weighted by Crippen LogP contribution is 2.30. The number of hydrogen-bond acceptors (Lipinski definition) is 1. The summed E-state index contributed by atoms with van der Waals surface area (Å²) in [4.78, 5) is 0. The van der Waals surface area contributed by atoms with Crippen molar-refractivity contribution >= 4 is 15.9 Å². The molecule has 0 heterocycles. The quantitative estimate of drug-likeness (QED) is 0.811. The van der Waals surface area contributed by atoms with E-state index in [0.717, 1.165) is 24.1 Å². The molecule has 106 valence electrons. The number of benzene rings is 2. The maximum absolute atomic E-state index is 13.8. The van der Waals surface area contributed by atoms with E-state index in [1.165, 1.54) is 11.6 Å². The molecule has 2 rings (SSSR count). The second kappa shape index (κ2) is 7.00. The number of hydrogen-bond donors (Lipinski definition) is 1. The molecular formula is C17H19BrFN. The van der Waals surface area contributed by atoms with Gasteiger partial charge in [-0.1, -0.05) is 48.9 Å². The maximum Gasteiger partial charge on any atom is 0.137 e. The van der Waals surface area contributed by atoms with Gasteiger partial charge in [-0.05, 0) is 53.0 Å². The fourth-order valence-electron chi connectivity index (χ4n) is 2.20. The zero-order valence-corrected chi connectivity index (χ0v) is 13.4. The van der Waals surface area contributed by atoms with Crippen molar-refractivity contribution in [2.75, 3.05) is 6.54 Å². The van der Waals surface area contributed by atoms with Gasteiger partial charge in [0.05, 0.1) is 10.5 Å². The van der Waals surface area contributed by atoms with Gasteiger partial charge in [-0.25, -0.2) is 4.39 Å². The predicted octanol–water partition coefficient (Wildman–Crippen LogP) is 4.99. The molecule has 1 atom stereocenters. The molecule has 2 aromatic rings. The Morgan fingerprint density at radius 1 is 1.15 bits per heavy atom. The Morgan fingerprint density at radius 3 is 2.50 bits per heavy atom. The zero-order valence-electron chi connectivity index (χ0n) is 11.8. The van der Waals surface area contributed by atoms with Crippen LogP contribution in [0.4, 0.5) is 4.39 Å². The fraction of sp³-hybridized carbons (Fsp3) is 0.294. The Balaban J connectivity index is 2.41. The fourth-order valence-corrected chi connectivity index (χ4v) is 2.69. The third-order valence-electron chi connectivity index (χ3n) is 3.30. The Hall–Kier alpha value is -1.19. The lowest BCUT2D eigenvalue weighted by atomic mass is 9.97. The highest BCUT2D eigenvalue weighted by Gasteiger charge is 2.17. The van der Waals surface area contributed by atoms with Crippen LogP contribution in [0.5, 0.6) is 0 Å². The van der Waals surface area contributed by atoms with Crippen LogP contribution in [0.15, 0.2) is 46.9 Å². The van der Waals surface area contributed by atoms with Crippen LogP contribution in [0.25, 0.3) is 0 Å². The molecule has 0 aromatic heterocycles. The van der Waals surface area contributed by atoms with Crippen molar-refractivity contribution in [2.24, 2.45) is 0 Å². The summed E-state index contributed by atoms with van der Waals surface area (Å²) in [5.74, 6) is -0.224. The third-order valence-corrected chi connectivity index (χ3v) is 4.14. The monoisotopic (exact) mass is 335 g/mol. The standard InChI is InChI=1S/C17H19BrFN/c1-3-11-20-17(13-9-7-12(2)8-10-13)14-5-4-6-15(19)16(14)18/h4-10,17,20H,3,11H2,1-2H3. The average Bonchev–Trinajstić information content (AvgIpc) is 2.45. The summed E-state index contributed by atoms with van der Waals surface area (Å²) in [5.41, 5.74) is 3.30. The predicted molar refractivity (Wildman–Crippen MR) is 85.4 cm³/mol. The zero-order chi connectivity index (χ0) is 14.5. The highest BCUT2D eigenvalue weighted by atomic mass is 79.9. The van der Waals surface area contributed by atoms with E-state index in [-0.39, 0.29) is 11.9 Å². The van der Waals surface area contributed by atoms with Gasteiger partial charge in [0.25, 0.3) is 0 Å². The van der Waals surface area contributed by atoms with E-state index < -0.39 is 0 Å². The van der Waals surface area contributed by atoms with E-state index in [1.54, 1.807) is 6.07 Å². The van der Waals surface area contributed by atoms with Crippen LogP contribution in [0, 0.1) is 12.7 Å². The van der Waals surface area contributed by atoms with E-state index >= 15 is 0 Å². The van der Waals surface area contributed by atoms with Crippen molar-refractivity contribution in [2.45, 2.75) is 26.3 Å². The van der Waals surface area contributed by atoms with Gasteiger partial charge >= 0.3 is 0 Å². The van der Waals surface area contributed by atoms with E-state index in [2.05, 4.69) is 59.4 Å². The summed E-state index contributed by atoms with van der Waals surface area (Å²) in [6.07, 6.45) is 1.04. The molecule has 20 heavy (non-hydrogen) atoms. The maximum atomic E-state index is 13.8. The van der Waals surface area contributed by atoms with Gasteiger partial charge in [0.15, 0.2) is 0 Å². The molecule has 3 heteroatoms. The van der Waals surface area contributed by atoms with E-state index in [0.29, 0.717) is 4.47 Å². The molecule has 0 aliphatic rings. The van der Waals surface area contributed by atoms with Gasteiger partial charge in [0, 0.05) is 0 Å². The van der Waals surface area contributed by atoms with Gasteiger partial charge in [-0.15, -0.1) is 0 Å². The number of aryl methyl sites for hydroxylation is 1. The van der Waals surface area contributed by atoms with Gasteiger partial charge in [-0.2, -0.15) is 0 Å². The summed E-state index contributed by atoms with van der Waals surface area (Å²) in [5, 5.41) is 3.49. The van der Waals surface area contributed by atoms with Crippen molar-refractivity contribution in [3.63, 3.8) is 0 Å². The lowest BCUT2D eigenvalue weighted by molar-refractivity contribution is 0.580. The minimum atomic E-state index is -0.224. The smallest absolute Gasteiger partial charge is 0.137 e. The molecule has 0 aliphatic heterocycles. The molecule has 0 saturated carbocycles. The SMILES string of the molecule is CCCNC(c1ccc(C)cc1)c1cccc(F)c1Br. The summed E-state index contributed by atoms with van der Waals surface area (Å²) in [6, 6.07) is 13.6. The Morgan fingerprint density at radius 2 is 1.85 bits per heavy atom. The molecule has 1 N–H and O–H groups in total. The Labute approximate surface area is 128 Å². The topological polar surface area (TPSA) is 12.0 Å². The minimum Gasteiger partial charge on any atom is -0.306 e. The van der Waals surface area contributed by atoms with Crippen molar-refractivity contribution in [1.29, 1.82) is 0 Å². The average molecular weight is 336 g/mol. The lowest BCUT2D eigenvalue weighted by Crippen LogP contribution is -2.23. The Bertz CT molecular complexity index is 566. The van der Waals surface area contributed by atoms with Crippen LogP contribution in [-0.2, 0) is 0 Å². The van der Waals surface area contributed by atoms with Crippen molar-refractivity contribution in [1.82, 2.24) is 5.32 Å². The second-order valence-electron chi connectivity index (χ2n) is 4.94. The van der Waals surface area contributed by atoms with Gasteiger partial charge < -0.3 is 5.32 Å². The van der Waals surface area contributed by atoms with E-state index in [1.807, 2.05) is 6.07 Å². The summed E-state index contributed by atoms with van der Waals surface area (Å²) in [6.45, 7) is 5.08. The lowest BCUT2D eigenvalue weighted by Gasteiger charge is -2.21. The van der Waals surface area contributed by atoms with Crippen molar-refractivity contribution in [3.05, 3.63) is 69.4 Å². The van der Waals surface area contributed by atoms with Crippen LogP contribution in [0.3, 0.4) is 0 Å². The van der Waals surface area contributed by atoms with Crippen LogP contribution < -0.4 is 5.32 Å². The molecule has 0 fully saturated rings. The first-order chi connectivity index (χ1) is 9.63. The molecule has 2 aromatic carbocycles. The molecule has 0 radical (unpaired) electrons. The first kappa shape index (κ1) is 15.2. The number of rotatable bonds is 5. The van der Waals surface area contributed by atoms with Crippen molar-refractivity contribution < 1.29 is 4.39 Å². The summed E-state index contributed by atoms with van der Waals surface area (Å²) in [7, 11) is 0. The molecule has 0 saturated heterocycles. The first-order valence-electron chi connectivity index (χ1n) is 6.87. The molecule has 0 bridgehead atoms. The minimum absolute atomic E-state index is 0.000579. The first-order valence-corrected chi connectivity index (χ1v) is 7.66. The van der Waals surface area contributed by atoms with Crippen LogP contribution >= 0.6 is 15.9 Å². The third kappa shape index (κ3) is 3.47. The van der Waals surface area contributed by atoms with E-state index in [9.17, 15) is 4.39 Å².